The van der Waals surface area contributed by atoms with Gasteiger partial charge in [-0.05, 0) is 35.9 Å². The van der Waals surface area contributed by atoms with E-state index in [4.69, 9.17) is 15.2 Å². The normalized spacial score (nSPS) is 10.2. The number of benzene rings is 2. The number of nitrogens with two attached hydrogens (primary N) is 1. The number of ether oxygens (including phenoxy) is 2. The van der Waals surface area contributed by atoms with E-state index < -0.39 is 17.4 Å². The van der Waals surface area contributed by atoms with Crippen LogP contribution in [0, 0.1) is 5.82 Å². The average molecular weight is 424 g/mol. The summed E-state index contributed by atoms with van der Waals surface area (Å²) in [5, 5.41) is 8.54. The number of carbonyl (C=O) groups excluding carboxylic acids is 1. The van der Waals surface area contributed by atoms with Crippen LogP contribution in [-0.2, 0) is 13.1 Å². The molecule has 11 heteroatoms. The molecule has 2 aromatic carbocycles. The lowest BCUT2D eigenvalue weighted by Crippen LogP contribution is -2.23. The van der Waals surface area contributed by atoms with E-state index in [2.05, 4.69) is 20.5 Å². The molecule has 0 aliphatic carbocycles. The van der Waals surface area contributed by atoms with E-state index in [0.717, 1.165) is 0 Å². The first-order valence-electron chi connectivity index (χ1n) is 8.25. The predicted molar refractivity (Wildman–Crippen MR) is 105 cm³/mol. The zero-order chi connectivity index (χ0) is 20.1. The Morgan fingerprint density at radius 2 is 2.03 bits per heavy atom. The van der Waals surface area contributed by atoms with Gasteiger partial charge in [0.1, 0.15) is 17.4 Å². The number of carbonyl (C=O) groups is 1. The van der Waals surface area contributed by atoms with Crippen molar-refractivity contribution >= 4 is 18.3 Å². The fourth-order valence-electron chi connectivity index (χ4n) is 2.48. The molecule has 0 fully saturated rings. The Kier molecular flexibility index (Phi) is 7.34. The molecule has 0 atom stereocenters. The number of nitrogens with zero attached hydrogens (tertiary/aromatic N) is 1. The molecule has 9 nitrogen and oxygen atoms in total. The second-order valence-electron chi connectivity index (χ2n) is 5.77. The van der Waals surface area contributed by atoms with Gasteiger partial charge in [0, 0.05) is 18.2 Å². The monoisotopic (exact) mass is 423 g/mol. The first-order chi connectivity index (χ1) is 13.5. The van der Waals surface area contributed by atoms with Crippen molar-refractivity contribution in [2.24, 2.45) is 5.73 Å². The predicted octanol–water partition coefficient (Wildman–Crippen LogP) is 1.85. The van der Waals surface area contributed by atoms with Crippen LogP contribution in [0.5, 0.6) is 17.2 Å². The molecule has 0 radical (unpaired) electrons. The Hall–Kier alpha value is -3.37. The molecule has 0 unspecified atom stereocenters. The van der Waals surface area contributed by atoms with Gasteiger partial charge in [0.25, 0.3) is 5.91 Å². The molecule has 29 heavy (non-hydrogen) atoms. The highest BCUT2D eigenvalue weighted by atomic mass is 35.5. The number of H-pyrrole nitrogens is 2. The highest BCUT2D eigenvalue weighted by Gasteiger charge is 2.13. The summed E-state index contributed by atoms with van der Waals surface area (Å²) in [5.41, 5.74) is 5.94. The molecule has 0 saturated heterocycles. The molecule has 3 rings (SSSR count). The fraction of sp³-hybridized carbons (Fsp3) is 0.167. The molecule has 0 spiro atoms. The third kappa shape index (κ3) is 5.56. The molecule has 0 aliphatic heterocycles. The van der Waals surface area contributed by atoms with Crippen molar-refractivity contribution in [3.63, 3.8) is 0 Å². The van der Waals surface area contributed by atoms with E-state index in [0.29, 0.717) is 11.3 Å². The number of nitrogens with one attached hydrogen (secondary N) is 3. The van der Waals surface area contributed by atoms with E-state index >= 15 is 0 Å². The summed E-state index contributed by atoms with van der Waals surface area (Å²) < 4.78 is 24.7. The summed E-state index contributed by atoms with van der Waals surface area (Å²) in [4.78, 5) is 25.8. The van der Waals surface area contributed by atoms with Gasteiger partial charge in [0.05, 0.1) is 13.7 Å². The zero-order valence-corrected chi connectivity index (χ0v) is 16.1. The van der Waals surface area contributed by atoms with Gasteiger partial charge >= 0.3 is 5.69 Å². The van der Waals surface area contributed by atoms with Crippen LogP contribution in [-0.4, -0.2) is 28.2 Å². The molecule has 5 N–H and O–H groups in total. The van der Waals surface area contributed by atoms with Crippen LogP contribution in [0.1, 0.15) is 21.7 Å². The lowest BCUT2D eigenvalue weighted by molar-refractivity contribution is 0.0949. The minimum Gasteiger partial charge on any atom is -0.493 e. The minimum absolute atomic E-state index is 0. The van der Waals surface area contributed by atoms with Crippen LogP contribution >= 0.6 is 12.4 Å². The van der Waals surface area contributed by atoms with Crippen molar-refractivity contribution < 1.29 is 18.7 Å². The van der Waals surface area contributed by atoms with Crippen molar-refractivity contribution in [2.45, 2.75) is 13.1 Å². The molecule has 0 bridgehead atoms. The van der Waals surface area contributed by atoms with Crippen LogP contribution < -0.4 is 26.2 Å². The van der Waals surface area contributed by atoms with Gasteiger partial charge in [-0.25, -0.2) is 14.3 Å². The number of hydrogen-bond acceptors (Lipinski definition) is 6. The molecule has 1 aromatic heterocycles. The van der Waals surface area contributed by atoms with Gasteiger partial charge in [0.2, 0.25) is 0 Å². The number of aromatic nitrogens is 3. The Morgan fingerprint density at radius 1 is 1.24 bits per heavy atom. The number of hydrogen-bond donors (Lipinski definition) is 4. The van der Waals surface area contributed by atoms with Gasteiger partial charge in [-0.15, -0.1) is 12.4 Å². The largest absolute Gasteiger partial charge is 0.493 e. The van der Waals surface area contributed by atoms with E-state index in [1.165, 1.54) is 25.3 Å². The quantitative estimate of drug-likeness (QED) is 0.458. The van der Waals surface area contributed by atoms with Gasteiger partial charge in [0.15, 0.2) is 11.5 Å². The molecular formula is C18H19ClFN5O4. The Bertz CT molecular complexity index is 1050. The van der Waals surface area contributed by atoms with Crippen molar-refractivity contribution in [3.8, 4) is 17.2 Å². The summed E-state index contributed by atoms with van der Waals surface area (Å²) in [5.74, 6) is 0.212. The van der Waals surface area contributed by atoms with Gasteiger partial charge in [-0.1, -0.05) is 0 Å². The van der Waals surface area contributed by atoms with E-state index in [9.17, 15) is 14.0 Å². The summed E-state index contributed by atoms with van der Waals surface area (Å²) in [6.45, 7) is 0.187. The molecule has 0 aliphatic rings. The summed E-state index contributed by atoms with van der Waals surface area (Å²) in [6, 6.07) is 8.69. The second-order valence-corrected chi connectivity index (χ2v) is 5.77. The minimum atomic E-state index is -0.487. The Morgan fingerprint density at radius 3 is 2.69 bits per heavy atom. The van der Waals surface area contributed by atoms with Gasteiger partial charge in [-0.2, -0.15) is 5.10 Å². The molecule has 0 saturated carbocycles. The number of rotatable bonds is 7. The summed E-state index contributed by atoms with van der Waals surface area (Å²) in [6.07, 6.45) is 0. The van der Waals surface area contributed by atoms with E-state index in [1.807, 2.05) is 0 Å². The molecule has 154 valence electrons. The maximum Gasteiger partial charge on any atom is 0.340 e. The fourth-order valence-corrected chi connectivity index (χ4v) is 2.48. The molecule has 1 heterocycles. The Labute approximate surface area is 170 Å². The lowest BCUT2D eigenvalue weighted by atomic mass is 10.1. The van der Waals surface area contributed by atoms with Crippen LogP contribution in [0.15, 0.2) is 41.2 Å². The number of aromatic amines is 2. The van der Waals surface area contributed by atoms with Crippen molar-refractivity contribution in [1.82, 2.24) is 20.5 Å². The maximum absolute atomic E-state index is 13.7. The Balaban J connectivity index is 0.00000300. The van der Waals surface area contributed by atoms with Crippen LogP contribution in [0.25, 0.3) is 0 Å². The topological polar surface area (TPSA) is 135 Å². The van der Waals surface area contributed by atoms with Gasteiger partial charge in [-0.3, -0.25) is 9.78 Å². The van der Waals surface area contributed by atoms with E-state index in [1.54, 1.807) is 18.2 Å². The molecule has 3 aromatic rings. The van der Waals surface area contributed by atoms with E-state index in [-0.39, 0.29) is 48.4 Å². The average Bonchev–Trinajstić information content (AvgIpc) is 3.10. The number of halogens is 2. The maximum atomic E-state index is 13.7. The highest BCUT2D eigenvalue weighted by Crippen LogP contribution is 2.33. The summed E-state index contributed by atoms with van der Waals surface area (Å²) in [7, 11) is 1.45. The smallest absolute Gasteiger partial charge is 0.340 e. The summed E-state index contributed by atoms with van der Waals surface area (Å²) >= 11 is 0. The third-order valence-corrected chi connectivity index (χ3v) is 3.79. The SMILES string of the molecule is COc1ccc(C(=O)NCc2n[nH]c(=O)[nH]2)cc1Oc1cc(F)cc(CN)c1.Cl. The van der Waals surface area contributed by atoms with Crippen LogP contribution in [0.4, 0.5) is 4.39 Å². The van der Waals surface area contributed by atoms with Crippen molar-refractivity contribution in [1.29, 1.82) is 0 Å². The van der Waals surface area contributed by atoms with Crippen LogP contribution in [0.2, 0.25) is 0 Å². The van der Waals surface area contributed by atoms with Crippen molar-refractivity contribution in [3.05, 3.63) is 69.7 Å². The van der Waals surface area contributed by atoms with Crippen molar-refractivity contribution in [2.75, 3.05) is 7.11 Å². The standard InChI is InChI=1S/C18H18FN5O4.ClH/c1-27-14-3-2-11(17(25)21-9-16-22-18(26)24-23-16)6-15(14)28-13-5-10(8-20)4-12(19)7-13;/h2-7H,8-9,20H2,1H3,(H,21,25)(H2,22,23,24,26);1H. The third-order valence-electron chi connectivity index (χ3n) is 3.79. The molecular weight excluding hydrogens is 405 g/mol. The first-order valence-corrected chi connectivity index (χ1v) is 8.25. The number of methoxy groups -OCH3 is 1. The first kappa shape index (κ1) is 21.9. The molecule has 1 amide bonds. The van der Waals surface area contributed by atoms with Crippen LogP contribution in [0.3, 0.4) is 0 Å². The zero-order valence-electron chi connectivity index (χ0n) is 15.3. The second kappa shape index (κ2) is 9.71. The number of amides is 1. The van der Waals surface area contributed by atoms with Gasteiger partial charge < -0.3 is 20.5 Å². The highest BCUT2D eigenvalue weighted by molar-refractivity contribution is 5.94. The lowest BCUT2D eigenvalue weighted by Gasteiger charge is -2.13.